The lowest BCUT2D eigenvalue weighted by Crippen LogP contribution is -2.43. The molecule has 0 spiro atoms. The van der Waals surface area contributed by atoms with Crippen LogP contribution in [-0.2, 0) is 0 Å². The van der Waals surface area contributed by atoms with Gasteiger partial charge in [0.1, 0.15) is 11.4 Å². The molecule has 0 saturated carbocycles. The van der Waals surface area contributed by atoms with Gasteiger partial charge in [-0.2, -0.15) is 0 Å². The van der Waals surface area contributed by atoms with Crippen LogP contribution in [0.2, 0.25) is 0 Å². The van der Waals surface area contributed by atoms with Crippen molar-refractivity contribution < 1.29 is 4.79 Å². The number of hydrogen-bond acceptors (Lipinski definition) is 3. The molecule has 0 aromatic carbocycles. The van der Waals surface area contributed by atoms with Gasteiger partial charge in [-0.15, -0.1) is 0 Å². The first-order valence-corrected chi connectivity index (χ1v) is 6.05. The second-order valence-electron chi connectivity index (χ2n) is 5.77. The minimum atomic E-state index is -0.385. The molecule has 0 saturated heterocycles. The number of carbonyl (C=O) groups excluding carboxylic acids is 1. The van der Waals surface area contributed by atoms with E-state index in [9.17, 15) is 9.59 Å². The third-order valence-corrected chi connectivity index (χ3v) is 2.38. The van der Waals surface area contributed by atoms with E-state index >= 15 is 0 Å². The number of nitrogens with zero attached hydrogens (tertiary/aromatic N) is 1. The highest BCUT2D eigenvalue weighted by atomic mass is 16.2. The zero-order valence-corrected chi connectivity index (χ0v) is 11.8. The van der Waals surface area contributed by atoms with Crippen molar-refractivity contribution in [2.45, 2.75) is 53.0 Å². The highest BCUT2D eigenvalue weighted by molar-refractivity contribution is 5.95. The van der Waals surface area contributed by atoms with Crippen molar-refractivity contribution in [1.29, 1.82) is 0 Å². The van der Waals surface area contributed by atoms with Gasteiger partial charge >= 0.3 is 0 Å². The van der Waals surface area contributed by atoms with Crippen LogP contribution >= 0.6 is 0 Å². The number of amides is 1. The molecule has 1 heterocycles. The fourth-order valence-corrected chi connectivity index (χ4v) is 1.55. The van der Waals surface area contributed by atoms with Gasteiger partial charge in [-0.1, -0.05) is 13.8 Å². The molecular formula is C13H21N3O2. The van der Waals surface area contributed by atoms with Gasteiger partial charge in [0, 0.05) is 11.5 Å². The first-order chi connectivity index (χ1) is 8.11. The van der Waals surface area contributed by atoms with Crippen LogP contribution in [0.25, 0.3) is 0 Å². The number of carbonyl (C=O) groups is 1. The molecule has 0 fully saturated rings. The molecule has 1 amide bonds. The SMILES string of the molecule is Cc1nc(C(C)C)[nH]c(=O)c1C(=O)NC(C)(C)C. The van der Waals surface area contributed by atoms with E-state index in [1.165, 1.54) is 0 Å². The Balaban J connectivity index is 3.19. The van der Waals surface area contributed by atoms with Gasteiger partial charge in [-0.05, 0) is 27.7 Å². The summed E-state index contributed by atoms with van der Waals surface area (Å²) in [6, 6.07) is 0. The van der Waals surface area contributed by atoms with E-state index in [0.29, 0.717) is 11.5 Å². The number of H-pyrrole nitrogens is 1. The number of aromatic amines is 1. The molecule has 1 aromatic rings. The largest absolute Gasteiger partial charge is 0.347 e. The lowest BCUT2D eigenvalue weighted by Gasteiger charge is -2.20. The Labute approximate surface area is 107 Å². The first-order valence-electron chi connectivity index (χ1n) is 6.05. The fraction of sp³-hybridized carbons (Fsp3) is 0.615. The maximum absolute atomic E-state index is 12.0. The molecule has 1 aromatic heterocycles. The summed E-state index contributed by atoms with van der Waals surface area (Å²) < 4.78 is 0. The van der Waals surface area contributed by atoms with Crippen molar-refractivity contribution in [3.63, 3.8) is 0 Å². The number of rotatable bonds is 2. The zero-order valence-electron chi connectivity index (χ0n) is 11.8. The van der Waals surface area contributed by atoms with Gasteiger partial charge in [0.05, 0.1) is 5.69 Å². The molecule has 2 N–H and O–H groups in total. The molecule has 0 radical (unpaired) electrons. The Kier molecular flexibility index (Phi) is 3.94. The average molecular weight is 251 g/mol. The van der Waals surface area contributed by atoms with E-state index in [1.54, 1.807) is 6.92 Å². The van der Waals surface area contributed by atoms with Crippen LogP contribution in [0.5, 0.6) is 0 Å². The van der Waals surface area contributed by atoms with Crippen molar-refractivity contribution in [1.82, 2.24) is 15.3 Å². The van der Waals surface area contributed by atoms with E-state index in [1.807, 2.05) is 34.6 Å². The molecule has 0 aliphatic rings. The quantitative estimate of drug-likeness (QED) is 0.840. The van der Waals surface area contributed by atoms with Crippen LogP contribution in [0.3, 0.4) is 0 Å². The summed E-state index contributed by atoms with van der Waals surface area (Å²) in [7, 11) is 0. The third-order valence-electron chi connectivity index (χ3n) is 2.38. The van der Waals surface area contributed by atoms with E-state index in [4.69, 9.17) is 0 Å². The van der Waals surface area contributed by atoms with Crippen LogP contribution in [0.1, 0.15) is 62.4 Å². The van der Waals surface area contributed by atoms with Gasteiger partial charge in [-0.3, -0.25) is 9.59 Å². The smallest absolute Gasteiger partial charge is 0.264 e. The molecule has 0 aliphatic carbocycles. The van der Waals surface area contributed by atoms with Gasteiger partial charge in [0.2, 0.25) is 0 Å². The topological polar surface area (TPSA) is 74.8 Å². The Morgan fingerprint density at radius 1 is 1.33 bits per heavy atom. The Morgan fingerprint density at radius 3 is 2.28 bits per heavy atom. The first kappa shape index (κ1) is 14.4. The summed E-state index contributed by atoms with van der Waals surface area (Å²) in [6.07, 6.45) is 0. The van der Waals surface area contributed by atoms with Crippen LogP contribution in [-0.4, -0.2) is 21.4 Å². The van der Waals surface area contributed by atoms with Crippen LogP contribution in [0, 0.1) is 6.92 Å². The molecule has 0 bridgehead atoms. The lowest BCUT2D eigenvalue weighted by molar-refractivity contribution is 0.0916. The number of aromatic nitrogens is 2. The maximum Gasteiger partial charge on any atom is 0.264 e. The molecular weight excluding hydrogens is 230 g/mol. The zero-order chi connectivity index (χ0) is 14.1. The molecule has 0 aliphatic heterocycles. The Bertz CT molecular complexity index is 510. The van der Waals surface area contributed by atoms with Crippen molar-refractivity contribution >= 4 is 5.91 Å². The summed E-state index contributed by atoms with van der Waals surface area (Å²) >= 11 is 0. The molecule has 5 heteroatoms. The molecule has 1 rings (SSSR count). The highest BCUT2D eigenvalue weighted by Crippen LogP contribution is 2.09. The molecule has 0 atom stereocenters. The number of hydrogen-bond donors (Lipinski definition) is 2. The summed E-state index contributed by atoms with van der Waals surface area (Å²) in [4.78, 5) is 30.9. The standard InChI is InChI=1S/C13H21N3O2/c1-7(2)10-14-8(3)9(11(17)15-10)12(18)16-13(4,5)6/h7H,1-6H3,(H,16,18)(H,14,15,17). The Morgan fingerprint density at radius 2 is 1.89 bits per heavy atom. The third kappa shape index (κ3) is 3.42. The van der Waals surface area contributed by atoms with Gasteiger partial charge < -0.3 is 10.3 Å². The fourth-order valence-electron chi connectivity index (χ4n) is 1.55. The van der Waals surface area contributed by atoms with Gasteiger partial charge in [0.25, 0.3) is 11.5 Å². The van der Waals surface area contributed by atoms with Crippen molar-refractivity contribution in [3.8, 4) is 0 Å². The van der Waals surface area contributed by atoms with Gasteiger partial charge in [0.15, 0.2) is 0 Å². The average Bonchev–Trinajstić information content (AvgIpc) is 2.12. The van der Waals surface area contributed by atoms with Gasteiger partial charge in [-0.25, -0.2) is 4.98 Å². The summed E-state index contributed by atoms with van der Waals surface area (Å²) in [5.41, 5.74) is -0.210. The van der Waals surface area contributed by atoms with E-state index in [-0.39, 0.29) is 28.5 Å². The highest BCUT2D eigenvalue weighted by Gasteiger charge is 2.21. The lowest BCUT2D eigenvalue weighted by atomic mass is 10.1. The van der Waals surface area contributed by atoms with Crippen molar-refractivity contribution in [2.75, 3.05) is 0 Å². The minimum Gasteiger partial charge on any atom is -0.347 e. The molecule has 5 nitrogen and oxygen atoms in total. The van der Waals surface area contributed by atoms with Crippen LogP contribution in [0.4, 0.5) is 0 Å². The van der Waals surface area contributed by atoms with E-state index < -0.39 is 0 Å². The molecule has 0 unspecified atom stereocenters. The summed E-state index contributed by atoms with van der Waals surface area (Å²) in [6.45, 7) is 11.1. The predicted octanol–water partition coefficient (Wildman–Crippen LogP) is 1.73. The number of aryl methyl sites for hydroxylation is 1. The second-order valence-corrected chi connectivity index (χ2v) is 5.77. The van der Waals surface area contributed by atoms with E-state index in [0.717, 1.165) is 0 Å². The number of nitrogens with one attached hydrogen (secondary N) is 2. The van der Waals surface area contributed by atoms with Crippen molar-refractivity contribution in [3.05, 3.63) is 27.4 Å². The van der Waals surface area contributed by atoms with Crippen molar-refractivity contribution in [2.24, 2.45) is 0 Å². The second kappa shape index (κ2) is 4.92. The normalized spacial score (nSPS) is 11.7. The monoisotopic (exact) mass is 251 g/mol. The van der Waals surface area contributed by atoms with Crippen LogP contribution < -0.4 is 10.9 Å². The Hall–Kier alpha value is -1.65. The molecule has 100 valence electrons. The summed E-state index contributed by atoms with van der Waals surface area (Å²) in [5.74, 6) is 0.338. The predicted molar refractivity (Wildman–Crippen MR) is 70.9 cm³/mol. The van der Waals surface area contributed by atoms with Crippen LogP contribution in [0.15, 0.2) is 4.79 Å². The minimum absolute atomic E-state index is 0.0920. The maximum atomic E-state index is 12.0. The van der Waals surface area contributed by atoms with E-state index in [2.05, 4.69) is 15.3 Å². The molecule has 18 heavy (non-hydrogen) atoms. The summed E-state index contributed by atoms with van der Waals surface area (Å²) in [5, 5.41) is 2.77.